The maximum absolute atomic E-state index is 13.4. The fourth-order valence-corrected chi connectivity index (χ4v) is 5.39. The number of hydrogen-bond donors (Lipinski definition) is 2. The van der Waals surface area contributed by atoms with E-state index in [0.29, 0.717) is 27.7 Å². The Balaban J connectivity index is 1.64. The minimum atomic E-state index is -1.39. The predicted molar refractivity (Wildman–Crippen MR) is 122 cm³/mol. The smallest absolute Gasteiger partial charge is 0.303 e. The van der Waals surface area contributed by atoms with Crippen LogP contribution in [0, 0.1) is 6.92 Å². The highest BCUT2D eigenvalue weighted by Gasteiger charge is 2.24. The standard InChI is InChI=1S/C22H17N5O3S2/c1-13-7-8-18(31-13)16-10-19(32(30)12-14-5-3-2-4-6-14)27-20(24-16)15(11-23-27)9-17-21(28)26-22(29)25-17/h2-11H,12H2,1H3,(H2,25,26,28,29). The number of carbonyl (C=O) groups excluding carboxylic acids is 2. The zero-order chi connectivity index (χ0) is 22.2. The van der Waals surface area contributed by atoms with Gasteiger partial charge in [0.1, 0.15) is 10.7 Å². The second kappa shape index (κ2) is 8.13. The molecule has 4 aromatic rings. The number of hydrogen-bond acceptors (Lipinski definition) is 6. The van der Waals surface area contributed by atoms with E-state index < -0.39 is 22.7 Å². The lowest BCUT2D eigenvalue weighted by molar-refractivity contribution is -0.115. The van der Waals surface area contributed by atoms with Crippen LogP contribution in [0.25, 0.3) is 22.3 Å². The summed E-state index contributed by atoms with van der Waals surface area (Å²) in [5.74, 6) is -0.190. The molecule has 1 aliphatic heterocycles. The van der Waals surface area contributed by atoms with Gasteiger partial charge in [-0.3, -0.25) is 14.3 Å². The molecule has 32 heavy (non-hydrogen) atoms. The molecular formula is C22H17N5O3S2. The van der Waals surface area contributed by atoms with Gasteiger partial charge in [0.05, 0.1) is 33.3 Å². The predicted octanol–water partition coefficient (Wildman–Crippen LogP) is 3.25. The van der Waals surface area contributed by atoms with Crippen molar-refractivity contribution in [3.05, 3.63) is 76.4 Å². The fourth-order valence-electron chi connectivity index (χ4n) is 3.35. The molecule has 0 spiro atoms. The van der Waals surface area contributed by atoms with Crippen LogP contribution in [-0.4, -0.2) is 30.7 Å². The summed E-state index contributed by atoms with van der Waals surface area (Å²) in [4.78, 5) is 30.2. The van der Waals surface area contributed by atoms with Gasteiger partial charge >= 0.3 is 6.03 Å². The van der Waals surface area contributed by atoms with Gasteiger partial charge in [-0.25, -0.2) is 14.3 Å². The average molecular weight is 464 g/mol. The molecule has 2 N–H and O–H groups in total. The van der Waals surface area contributed by atoms with Crippen molar-refractivity contribution >= 4 is 45.8 Å². The molecule has 5 rings (SSSR count). The largest absolute Gasteiger partial charge is 0.326 e. The molecule has 4 heterocycles. The first kappa shape index (κ1) is 20.3. The Bertz CT molecular complexity index is 1420. The topological polar surface area (TPSA) is 105 Å². The third kappa shape index (κ3) is 3.85. The van der Waals surface area contributed by atoms with Crippen molar-refractivity contribution in [2.45, 2.75) is 17.7 Å². The number of fused-ring (bicyclic) bond motifs is 1. The molecule has 0 bridgehead atoms. The molecule has 1 aromatic carbocycles. The molecule has 160 valence electrons. The summed E-state index contributed by atoms with van der Waals surface area (Å²) in [6.07, 6.45) is 3.06. The number of nitrogens with one attached hydrogen (secondary N) is 2. The van der Waals surface area contributed by atoms with Crippen molar-refractivity contribution in [1.82, 2.24) is 25.2 Å². The number of urea groups is 1. The summed E-state index contributed by atoms with van der Waals surface area (Å²) in [5, 5.41) is 9.52. The van der Waals surface area contributed by atoms with Crippen LogP contribution in [0.5, 0.6) is 0 Å². The molecular weight excluding hydrogens is 446 g/mol. The number of amides is 3. The lowest BCUT2D eigenvalue weighted by atomic mass is 10.2. The number of imide groups is 1. The SMILES string of the molecule is Cc1ccc(-c2cc(S(=O)Cc3ccccc3)n3ncc(C=C4NC(=O)NC4=O)c3n2)s1. The number of benzene rings is 1. The van der Waals surface area contributed by atoms with Crippen LogP contribution in [0.2, 0.25) is 0 Å². The molecule has 3 amide bonds. The monoisotopic (exact) mass is 463 g/mol. The third-order valence-corrected chi connectivity index (χ3v) is 7.23. The van der Waals surface area contributed by atoms with Gasteiger partial charge in [-0.05, 0) is 30.7 Å². The lowest BCUT2D eigenvalue weighted by Crippen LogP contribution is -2.22. The van der Waals surface area contributed by atoms with E-state index in [1.165, 1.54) is 10.6 Å². The van der Waals surface area contributed by atoms with Crippen molar-refractivity contribution < 1.29 is 13.8 Å². The van der Waals surface area contributed by atoms with Crippen molar-refractivity contribution in [1.29, 1.82) is 0 Å². The van der Waals surface area contributed by atoms with Crippen LogP contribution in [0.4, 0.5) is 4.79 Å². The van der Waals surface area contributed by atoms with E-state index >= 15 is 0 Å². The van der Waals surface area contributed by atoms with Crippen molar-refractivity contribution in [2.24, 2.45) is 0 Å². The highest BCUT2D eigenvalue weighted by atomic mass is 32.2. The fraction of sp³-hybridized carbons (Fsp3) is 0.0909. The maximum atomic E-state index is 13.4. The van der Waals surface area contributed by atoms with Crippen LogP contribution in [0.1, 0.15) is 16.0 Å². The van der Waals surface area contributed by atoms with Crippen LogP contribution < -0.4 is 10.6 Å². The Hall–Kier alpha value is -3.63. The molecule has 1 aliphatic rings. The molecule has 8 nitrogen and oxygen atoms in total. The summed E-state index contributed by atoms with van der Waals surface area (Å²) in [6.45, 7) is 2.01. The van der Waals surface area contributed by atoms with Gasteiger partial charge in [0.25, 0.3) is 5.91 Å². The highest BCUT2D eigenvalue weighted by Crippen LogP contribution is 2.29. The third-order valence-electron chi connectivity index (χ3n) is 4.85. The highest BCUT2D eigenvalue weighted by molar-refractivity contribution is 7.84. The van der Waals surface area contributed by atoms with Crippen molar-refractivity contribution in [2.75, 3.05) is 0 Å². The quantitative estimate of drug-likeness (QED) is 0.269. The molecule has 0 radical (unpaired) electrons. The second-order valence-corrected chi connectivity index (χ2v) is 9.85. The summed E-state index contributed by atoms with van der Waals surface area (Å²) in [5.41, 5.74) is 2.71. The minimum Gasteiger partial charge on any atom is -0.303 e. The summed E-state index contributed by atoms with van der Waals surface area (Å²) in [6, 6.07) is 14.8. The first-order chi connectivity index (χ1) is 15.5. The van der Waals surface area contributed by atoms with E-state index in [4.69, 9.17) is 4.98 Å². The molecule has 3 aromatic heterocycles. The molecule has 1 saturated heterocycles. The van der Waals surface area contributed by atoms with Crippen LogP contribution in [0.3, 0.4) is 0 Å². The molecule has 1 atom stereocenters. The normalized spacial score (nSPS) is 15.8. The van der Waals surface area contributed by atoms with Crippen LogP contribution in [0.15, 0.2) is 65.5 Å². The summed E-state index contributed by atoms with van der Waals surface area (Å²) >= 11 is 1.59. The van der Waals surface area contributed by atoms with E-state index in [9.17, 15) is 13.8 Å². The Morgan fingerprint density at radius 2 is 1.94 bits per heavy atom. The van der Waals surface area contributed by atoms with E-state index in [1.54, 1.807) is 23.6 Å². The number of carbonyl (C=O) groups is 2. The van der Waals surface area contributed by atoms with Crippen molar-refractivity contribution in [3.8, 4) is 10.6 Å². The van der Waals surface area contributed by atoms with Crippen molar-refractivity contribution in [3.63, 3.8) is 0 Å². The van der Waals surface area contributed by atoms with Gasteiger partial charge < -0.3 is 5.32 Å². The van der Waals surface area contributed by atoms with E-state index in [2.05, 4.69) is 15.7 Å². The number of rotatable bonds is 5. The lowest BCUT2D eigenvalue weighted by Gasteiger charge is -2.08. The molecule has 0 aliphatic carbocycles. The van der Waals surface area contributed by atoms with Gasteiger partial charge in [-0.2, -0.15) is 5.10 Å². The zero-order valence-electron chi connectivity index (χ0n) is 16.9. The number of thiophene rings is 1. The molecule has 1 unspecified atom stereocenters. The van der Waals surface area contributed by atoms with E-state index in [-0.39, 0.29) is 5.70 Å². The van der Waals surface area contributed by atoms with Gasteiger partial charge in [0, 0.05) is 16.5 Å². The Labute approximate surface area is 189 Å². The van der Waals surface area contributed by atoms with Gasteiger partial charge in [0.15, 0.2) is 5.65 Å². The molecule has 10 heteroatoms. The van der Waals surface area contributed by atoms with Crippen LogP contribution in [-0.2, 0) is 21.3 Å². The van der Waals surface area contributed by atoms with E-state index in [1.807, 2.05) is 49.4 Å². The summed E-state index contributed by atoms with van der Waals surface area (Å²) < 4.78 is 14.9. The van der Waals surface area contributed by atoms with Gasteiger partial charge in [0.2, 0.25) is 0 Å². The zero-order valence-corrected chi connectivity index (χ0v) is 18.5. The summed E-state index contributed by atoms with van der Waals surface area (Å²) in [7, 11) is -1.39. The second-order valence-electron chi connectivity index (χ2n) is 7.17. The number of aryl methyl sites for hydroxylation is 1. The van der Waals surface area contributed by atoms with Crippen LogP contribution >= 0.6 is 11.3 Å². The first-order valence-electron chi connectivity index (χ1n) is 9.70. The Morgan fingerprint density at radius 3 is 2.62 bits per heavy atom. The van der Waals surface area contributed by atoms with Gasteiger partial charge in [-0.15, -0.1) is 11.3 Å². The number of aromatic nitrogens is 3. The van der Waals surface area contributed by atoms with E-state index in [0.717, 1.165) is 15.3 Å². The Morgan fingerprint density at radius 1 is 1.12 bits per heavy atom. The molecule has 0 saturated carbocycles. The minimum absolute atomic E-state index is 0.107. The average Bonchev–Trinajstić information content (AvgIpc) is 3.47. The first-order valence-corrected chi connectivity index (χ1v) is 11.8. The van der Waals surface area contributed by atoms with Gasteiger partial charge in [-0.1, -0.05) is 30.3 Å². The molecule has 1 fully saturated rings. The Kier molecular flexibility index (Phi) is 5.16. The number of nitrogens with zero attached hydrogens (tertiary/aromatic N) is 3. The maximum Gasteiger partial charge on any atom is 0.326 e.